The van der Waals surface area contributed by atoms with Crippen LogP contribution in [0.1, 0.15) is 38.5 Å². The van der Waals surface area contributed by atoms with Crippen molar-refractivity contribution in [3.8, 4) is 11.5 Å². The molecule has 0 aromatic heterocycles. The maximum atomic E-state index is 12.8. The number of para-hydroxylation sites is 3. The molecule has 1 spiro atoms. The molecule has 4 amide bonds. The number of nitrogens with one attached hydrogen (secondary N) is 2. The Labute approximate surface area is 185 Å². The molecule has 1 aliphatic heterocycles. The normalized spacial score (nSPS) is 17.5. The Morgan fingerprint density at radius 2 is 1.71 bits per heavy atom. The molecule has 2 N–H and O–H groups in total. The molecule has 1 aliphatic carbocycles. The van der Waals surface area contributed by atoms with Gasteiger partial charge in [-0.1, -0.05) is 55.1 Å². The minimum absolute atomic E-state index is 0.00430. The van der Waals surface area contributed by atoms with E-state index in [1.807, 2.05) is 0 Å². The van der Waals surface area contributed by atoms with Gasteiger partial charge < -0.3 is 15.4 Å². The fourth-order valence-corrected chi connectivity index (χ4v) is 4.28. The van der Waals surface area contributed by atoms with Gasteiger partial charge in [0.2, 0.25) is 5.91 Å². The molecule has 0 unspecified atom stereocenters. The summed E-state index contributed by atoms with van der Waals surface area (Å²) < 4.78 is 5.85. The summed E-state index contributed by atoms with van der Waals surface area (Å²) >= 11 is 6.16. The number of halogens is 1. The summed E-state index contributed by atoms with van der Waals surface area (Å²) in [5.74, 6) is 0.385. The van der Waals surface area contributed by atoms with Crippen LogP contribution in [0, 0.1) is 0 Å². The first-order valence-corrected chi connectivity index (χ1v) is 10.8. The number of carbonyl (C=O) groups excluding carboxylic acids is 3. The third-order valence-electron chi connectivity index (χ3n) is 5.73. The summed E-state index contributed by atoms with van der Waals surface area (Å²) in [5, 5.41) is 6.11. The fourth-order valence-electron chi connectivity index (χ4n) is 4.10. The van der Waals surface area contributed by atoms with Gasteiger partial charge in [-0.05, 0) is 37.1 Å². The number of carbonyl (C=O) groups is 3. The van der Waals surface area contributed by atoms with Gasteiger partial charge in [-0.15, -0.1) is 0 Å². The van der Waals surface area contributed by atoms with Crippen molar-refractivity contribution in [1.29, 1.82) is 0 Å². The third kappa shape index (κ3) is 4.51. The van der Waals surface area contributed by atoms with Crippen LogP contribution in [0.4, 0.5) is 10.5 Å². The van der Waals surface area contributed by atoms with Gasteiger partial charge in [0.05, 0.1) is 10.7 Å². The Bertz CT molecular complexity index is 1000. The Morgan fingerprint density at radius 3 is 2.45 bits per heavy atom. The molecule has 8 heteroatoms. The molecule has 1 saturated heterocycles. The summed E-state index contributed by atoms with van der Waals surface area (Å²) in [4.78, 5) is 38.9. The van der Waals surface area contributed by atoms with Crippen LogP contribution in [-0.2, 0) is 9.59 Å². The summed E-state index contributed by atoms with van der Waals surface area (Å²) in [5.41, 5.74) is -0.297. The third-order valence-corrected chi connectivity index (χ3v) is 6.05. The van der Waals surface area contributed by atoms with Gasteiger partial charge in [0.15, 0.2) is 5.75 Å². The first-order valence-electron chi connectivity index (χ1n) is 10.4. The fraction of sp³-hybridized carbons (Fsp3) is 0.348. The van der Waals surface area contributed by atoms with Crippen LogP contribution in [0.5, 0.6) is 11.5 Å². The quantitative estimate of drug-likeness (QED) is 0.635. The van der Waals surface area contributed by atoms with Gasteiger partial charge in [0.25, 0.3) is 5.91 Å². The van der Waals surface area contributed by atoms with Crippen LogP contribution >= 0.6 is 11.6 Å². The molecule has 2 fully saturated rings. The SMILES string of the molecule is O=C(CCN1C(=O)NC2(CCCCC2)C1=O)Nc1ccccc1Oc1ccccc1Cl. The zero-order valence-corrected chi connectivity index (χ0v) is 17.8. The number of hydrogen-bond donors (Lipinski definition) is 2. The highest BCUT2D eigenvalue weighted by atomic mass is 35.5. The first-order chi connectivity index (χ1) is 15.0. The Hall–Kier alpha value is -3.06. The van der Waals surface area contributed by atoms with Crippen molar-refractivity contribution in [1.82, 2.24) is 10.2 Å². The van der Waals surface area contributed by atoms with Crippen molar-refractivity contribution in [2.24, 2.45) is 0 Å². The van der Waals surface area contributed by atoms with Gasteiger partial charge >= 0.3 is 6.03 Å². The number of nitrogens with zero attached hydrogens (tertiary/aromatic N) is 1. The molecule has 0 atom stereocenters. The van der Waals surface area contributed by atoms with Crippen LogP contribution in [0.15, 0.2) is 48.5 Å². The second kappa shape index (κ2) is 8.98. The van der Waals surface area contributed by atoms with E-state index in [1.54, 1.807) is 48.5 Å². The maximum absolute atomic E-state index is 12.8. The van der Waals surface area contributed by atoms with E-state index in [1.165, 1.54) is 0 Å². The van der Waals surface area contributed by atoms with Crippen molar-refractivity contribution in [3.63, 3.8) is 0 Å². The standard InChI is InChI=1S/C23H24ClN3O4/c24-16-8-2-4-10-18(16)31-19-11-5-3-9-17(19)25-20(28)12-15-27-21(29)23(26-22(27)30)13-6-1-7-14-23/h2-5,8-11H,1,6-7,12-15H2,(H,25,28)(H,26,30). The van der Waals surface area contributed by atoms with Gasteiger partial charge in [0.1, 0.15) is 11.3 Å². The molecule has 2 aromatic rings. The van der Waals surface area contributed by atoms with Crippen LogP contribution < -0.4 is 15.4 Å². The number of rotatable bonds is 6. The van der Waals surface area contributed by atoms with E-state index in [4.69, 9.17) is 16.3 Å². The molecule has 162 valence electrons. The van der Waals surface area contributed by atoms with Crippen molar-refractivity contribution in [2.45, 2.75) is 44.1 Å². The lowest BCUT2D eigenvalue weighted by Gasteiger charge is -2.30. The molecule has 31 heavy (non-hydrogen) atoms. The zero-order valence-electron chi connectivity index (χ0n) is 17.0. The number of benzene rings is 2. The number of imide groups is 1. The lowest BCUT2D eigenvalue weighted by Crippen LogP contribution is -2.48. The van der Waals surface area contributed by atoms with Gasteiger partial charge in [-0.25, -0.2) is 4.79 Å². The molecule has 7 nitrogen and oxygen atoms in total. The lowest BCUT2D eigenvalue weighted by atomic mass is 9.82. The minimum atomic E-state index is -0.777. The molecule has 1 saturated carbocycles. The van der Waals surface area contributed by atoms with E-state index in [-0.39, 0.29) is 24.8 Å². The zero-order chi connectivity index (χ0) is 21.8. The molecule has 4 rings (SSSR count). The molecule has 0 radical (unpaired) electrons. The first kappa shape index (κ1) is 21.2. The summed E-state index contributed by atoms with van der Waals surface area (Å²) in [7, 11) is 0. The van der Waals surface area contributed by atoms with E-state index in [2.05, 4.69) is 10.6 Å². The average molecular weight is 442 g/mol. The predicted molar refractivity (Wildman–Crippen MR) is 117 cm³/mol. The van der Waals surface area contributed by atoms with Crippen LogP contribution in [-0.4, -0.2) is 34.8 Å². The average Bonchev–Trinajstić information content (AvgIpc) is 2.99. The molecular weight excluding hydrogens is 418 g/mol. The number of hydrogen-bond acceptors (Lipinski definition) is 4. The monoisotopic (exact) mass is 441 g/mol. The van der Waals surface area contributed by atoms with Gasteiger partial charge in [-0.3, -0.25) is 14.5 Å². The van der Waals surface area contributed by atoms with Crippen LogP contribution in [0.25, 0.3) is 0 Å². The lowest BCUT2D eigenvalue weighted by molar-refractivity contribution is -0.132. The Balaban J connectivity index is 1.38. The number of urea groups is 1. The molecule has 2 aliphatic rings. The second-order valence-electron chi connectivity index (χ2n) is 7.86. The van der Waals surface area contributed by atoms with Crippen molar-refractivity contribution in [2.75, 3.05) is 11.9 Å². The molecule has 2 aromatic carbocycles. The van der Waals surface area contributed by atoms with Gasteiger partial charge in [0, 0.05) is 13.0 Å². The van der Waals surface area contributed by atoms with E-state index < -0.39 is 11.6 Å². The molecule has 0 bridgehead atoms. The van der Waals surface area contributed by atoms with Crippen molar-refractivity contribution >= 4 is 35.1 Å². The Kier molecular flexibility index (Phi) is 6.13. The van der Waals surface area contributed by atoms with E-state index in [0.717, 1.165) is 24.2 Å². The molecule has 1 heterocycles. The number of ether oxygens (including phenoxy) is 1. The predicted octanol–water partition coefficient (Wildman–Crippen LogP) is 4.72. The minimum Gasteiger partial charge on any atom is -0.454 e. The Morgan fingerprint density at radius 1 is 1.03 bits per heavy atom. The highest BCUT2D eigenvalue weighted by molar-refractivity contribution is 6.32. The second-order valence-corrected chi connectivity index (χ2v) is 8.26. The number of anilines is 1. The van der Waals surface area contributed by atoms with Crippen LogP contribution in [0.2, 0.25) is 5.02 Å². The largest absolute Gasteiger partial charge is 0.454 e. The maximum Gasteiger partial charge on any atom is 0.325 e. The van der Waals surface area contributed by atoms with E-state index >= 15 is 0 Å². The molecular formula is C23H24ClN3O4. The van der Waals surface area contributed by atoms with Crippen molar-refractivity contribution in [3.05, 3.63) is 53.6 Å². The summed E-state index contributed by atoms with van der Waals surface area (Å²) in [6.45, 7) is 0.0335. The van der Waals surface area contributed by atoms with Gasteiger partial charge in [-0.2, -0.15) is 0 Å². The summed E-state index contributed by atoms with van der Waals surface area (Å²) in [6.07, 6.45) is 4.23. The topological polar surface area (TPSA) is 87.7 Å². The summed E-state index contributed by atoms with van der Waals surface area (Å²) in [6, 6.07) is 13.7. The van der Waals surface area contributed by atoms with E-state index in [0.29, 0.717) is 35.1 Å². The highest BCUT2D eigenvalue weighted by Gasteiger charge is 2.51. The number of amides is 4. The van der Waals surface area contributed by atoms with E-state index in [9.17, 15) is 14.4 Å². The van der Waals surface area contributed by atoms with Crippen LogP contribution in [0.3, 0.4) is 0 Å². The smallest absolute Gasteiger partial charge is 0.325 e. The highest BCUT2D eigenvalue weighted by Crippen LogP contribution is 2.35. The van der Waals surface area contributed by atoms with Crippen molar-refractivity contribution < 1.29 is 19.1 Å².